The first kappa shape index (κ1) is 13.7. The van der Waals surface area contributed by atoms with Crippen molar-refractivity contribution in [3.05, 3.63) is 71.9 Å². The highest BCUT2D eigenvalue weighted by Crippen LogP contribution is 2.36. The number of nitrogens with zero attached hydrogens (tertiary/aromatic N) is 1. The smallest absolute Gasteiger partial charge is 0.347 e. The first-order valence-corrected chi connectivity index (χ1v) is 6.75. The molecule has 108 valence electrons. The SMILES string of the molecule is FC(F)(F)/C(=C\N1CCc2ccccc21)c1ccccc1. The maximum absolute atomic E-state index is 13.3. The summed E-state index contributed by atoms with van der Waals surface area (Å²) in [5.74, 6) is 0. The summed E-state index contributed by atoms with van der Waals surface area (Å²) in [6.07, 6.45) is -2.38. The Morgan fingerprint density at radius 2 is 1.62 bits per heavy atom. The zero-order valence-electron chi connectivity index (χ0n) is 11.3. The van der Waals surface area contributed by atoms with Crippen LogP contribution in [0.3, 0.4) is 0 Å². The molecule has 2 aromatic rings. The van der Waals surface area contributed by atoms with E-state index in [0.29, 0.717) is 6.54 Å². The number of anilines is 1. The van der Waals surface area contributed by atoms with Crippen molar-refractivity contribution >= 4 is 11.3 Å². The summed E-state index contributed by atoms with van der Waals surface area (Å²) in [4.78, 5) is 1.69. The van der Waals surface area contributed by atoms with Crippen LogP contribution < -0.4 is 4.90 Å². The molecular weight excluding hydrogens is 275 g/mol. The Morgan fingerprint density at radius 1 is 0.952 bits per heavy atom. The van der Waals surface area contributed by atoms with Gasteiger partial charge in [-0.1, -0.05) is 48.5 Å². The molecule has 4 heteroatoms. The minimum absolute atomic E-state index is 0.189. The molecular formula is C17H14F3N. The molecule has 0 aromatic heterocycles. The van der Waals surface area contributed by atoms with Crippen LogP contribution in [0.2, 0.25) is 0 Å². The molecule has 0 N–H and O–H groups in total. The molecule has 0 unspecified atom stereocenters. The second kappa shape index (κ2) is 5.28. The van der Waals surface area contributed by atoms with Crippen molar-refractivity contribution in [3.8, 4) is 0 Å². The van der Waals surface area contributed by atoms with Gasteiger partial charge in [-0.05, 0) is 23.6 Å². The number of alkyl halides is 3. The molecule has 1 aliphatic rings. The van der Waals surface area contributed by atoms with Gasteiger partial charge in [0.2, 0.25) is 0 Å². The lowest BCUT2D eigenvalue weighted by molar-refractivity contribution is -0.0690. The van der Waals surface area contributed by atoms with Crippen molar-refractivity contribution in [1.29, 1.82) is 0 Å². The van der Waals surface area contributed by atoms with Crippen molar-refractivity contribution < 1.29 is 13.2 Å². The fraction of sp³-hybridized carbons (Fsp3) is 0.176. The van der Waals surface area contributed by atoms with E-state index in [2.05, 4.69) is 0 Å². The van der Waals surface area contributed by atoms with E-state index in [1.807, 2.05) is 24.3 Å². The Labute approximate surface area is 121 Å². The summed E-state index contributed by atoms with van der Waals surface area (Å²) in [7, 11) is 0. The van der Waals surface area contributed by atoms with E-state index in [0.717, 1.165) is 17.7 Å². The minimum Gasteiger partial charge on any atom is -0.347 e. The number of hydrogen-bond acceptors (Lipinski definition) is 1. The molecule has 0 saturated carbocycles. The maximum Gasteiger partial charge on any atom is 0.418 e. The van der Waals surface area contributed by atoms with E-state index in [9.17, 15) is 13.2 Å². The van der Waals surface area contributed by atoms with Crippen molar-refractivity contribution in [1.82, 2.24) is 0 Å². The molecule has 0 radical (unpaired) electrons. The van der Waals surface area contributed by atoms with Gasteiger partial charge in [0.05, 0.1) is 5.57 Å². The van der Waals surface area contributed by atoms with Gasteiger partial charge in [-0.3, -0.25) is 0 Å². The lowest BCUT2D eigenvalue weighted by atomic mass is 10.1. The molecule has 0 spiro atoms. The zero-order chi connectivity index (χ0) is 14.9. The third-order valence-electron chi connectivity index (χ3n) is 3.60. The maximum atomic E-state index is 13.3. The van der Waals surface area contributed by atoms with Crippen LogP contribution in [0.4, 0.5) is 18.9 Å². The van der Waals surface area contributed by atoms with Crippen LogP contribution in [0.1, 0.15) is 11.1 Å². The number of allylic oxidation sites excluding steroid dienone is 1. The van der Waals surface area contributed by atoms with E-state index in [4.69, 9.17) is 0 Å². The molecule has 0 atom stereocenters. The fourth-order valence-corrected chi connectivity index (χ4v) is 2.58. The Bertz CT molecular complexity index is 659. The molecule has 21 heavy (non-hydrogen) atoms. The molecule has 0 bridgehead atoms. The van der Waals surface area contributed by atoms with Crippen molar-refractivity contribution in [2.45, 2.75) is 12.6 Å². The summed E-state index contributed by atoms with van der Waals surface area (Å²) in [5, 5.41) is 0. The van der Waals surface area contributed by atoms with Crippen molar-refractivity contribution in [3.63, 3.8) is 0 Å². The summed E-state index contributed by atoms with van der Waals surface area (Å²) in [6, 6.07) is 15.5. The first-order chi connectivity index (χ1) is 10.1. The van der Waals surface area contributed by atoms with E-state index >= 15 is 0 Å². The Morgan fingerprint density at radius 3 is 2.33 bits per heavy atom. The number of halogens is 3. The third kappa shape index (κ3) is 2.79. The van der Waals surface area contributed by atoms with E-state index in [1.165, 1.54) is 18.3 Å². The molecule has 1 aliphatic heterocycles. The minimum atomic E-state index is -4.38. The van der Waals surface area contributed by atoms with Gasteiger partial charge in [-0.2, -0.15) is 13.2 Å². The number of hydrogen-bond donors (Lipinski definition) is 0. The van der Waals surface area contributed by atoms with Crippen molar-refractivity contribution in [2.75, 3.05) is 11.4 Å². The van der Waals surface area contributed by atoms with E-state index < -0.39 is 11.7 Å². The quantitative estimate of drug-likeness (QED) is 0.777. The average molecular weight is 289 g/mol. The predicted molar refractivity (Wildman–Crippen MR) is 78.0 cm³/mol. The predicted octanol–water partition coefficient (Wildman–Crippen LogP) is 4.65. The zero-order valence-corrected chi connectivity index (χ0v) is 11.3. The standard InChI is InChI=1S/C17H14F3N/c18-17(19,20)15(13-6-2-1-3-7-13)12-21-11-10-14-8-4-5-9-16(14)21/h1-9,12H,10-11H2/b15-12-. The van der Waals surface area contributed by atoms with Gasteiger partial charge >= 0.3 is 6.18 Å². The number of rotatable bonds is 2. The van der Waals surface area contributed by atoms with Crippen LogP contribution in [0.5, 0.6) is 0 Å². The van der Waals surface area contributed by atoms with Gasteiger partial charge < -0.3 is 4.90 Å². The highest BCUT2D eigenvalue weighted by atomic mass is 19.4. The fourth-order valence-electron chi connectivity index (χ4n) is 2.58. The molecule has 1 heterocycles. The van der Waals surface area contributed by atoms with Gasteiger partial charge in [-0.15, -0.1) is 0 Å². The molecule has 1 nitrogen and oxygen atoms in total. The number of benzene rings is 2. The van der Waals surface area contributed by atoms with Gasteiger partial charge in [0.1, 0.15) is 0 Å². The van der Waals surface area contributed by atoms with Crippen LogP contribution in [-0.4, -0.2) is 12.7 Å². The molecule has 2 aromatic carbocycles. The molecule has 0 amide bonds. The number of fused-ring (bicyclic) bond motifs is 1. The van der Waals surface area contributed by atoms with E-state index in [1.54, 1.807) is 23.1 Å². The van der Waals surface area contributed by atoms with Gasteiger partial charge in [-0.25, -0.2) is 0 Å². The van der Waals surface area contributed by atoms with Crippen LogP contribution in [0.25, 0.3) is 5.57 Å². The van der Waals surface area contributed by atoms with Crippen LogP contribution in [0, 0.1) is 0 Å². The third-order valence-corrected chi connectivity index (χ3v) is 3.60. The Hall–Kier alpha value is -2.23. The molecule has 0 fully saturated rings. The van der Waals surface area contributed by atoms with Crippen LogP contribution in [0.15, 0.2) is 60.8 Å². The lowest BCUT2D eigenvalue weighted by Gasteiger charge is -2.19. The summed E-state index contributed by atoms with van der Waals surface area (Å²) >= 11 is 0. The highest BCUT2D eigenvalue weighted by molar-refractivity contribution is 5.74. The second-order valence-corrected chi connectivity index (χ2v) is 4.98. The first-order valence-electron chi connectivity index (χ1n) is 6.75. The largest absolute Gasteiger partial charge is 0.418 e. The summed E-state index contributed by atoms with van der Waals surface area (Å²) in [5.41, 5.74) is 1.52. The van der Waals surface area contributed by atoms with Crippen molar-refractivity contribution in [2.24, 2.45) is 0 Å². The molecule has 0 saturated heterocycles. The average Bonchev–Trinajstić information content (AvgIpc) is 2.88. The topological polar surface area (TPSA) is 3.24 Å². The van der Waals surface area contributed by atoms with Crippen LogP contribution in [-0.2, 0) is 6.42 Å². The van der Waals surface area contributed by atoms with E-state index in [-0.39, 0.29) is 5.56 Å². The Kier molecular flexibility index (Phi) is 3.45. The number of para-hydroxylation sites is 1. The van der Waals surface area contributed by atoms with Gasteiger partial charge in [0, 0.05) is 18.4 Å². The van der Waals surface area contributed by atoms with Crippen LogP contribution >= 0.6 is 0 Å². The summed E-state index contributed by atoms with van der Waals surface area (Å²) < 4.78 is 40.0. The lowest BCUT2D eigenvalue weighted by Crippen LogP contribution is -2.18. The molecule has 0 aliphatic carbocycles. The van der Waals surface area contributed by atoms with Gasteiger partial charge in [0.15, 0.2) is 0 Å². The second-order valence-electron chi connectivity index (χ2n) is 4.98. The molecule has 3 rings (SSSR count). The monoisotopic (exact) mass is 289 g/mol. The van der Waals surface area contributed by atoms with Gasteiger partial charge in [0.25, 0.3) is 0 Å². The summed E-state index contributed by atoms with van der Waals surface area (Å²) in [6.45, 7) is 0.575. The Balaban J connectivity index is 2.03. The normalized spacial score (nSPS) is 15.2. The highest BCUT2D eigenvalue weighted by Gasteiger charge is 2.35.